The number of amides is 1. The third-order valence-electron chi connectivity index (χ3n) is 14.4. The van der Waals surface area contributed by atoms with Crippen LogP contribution in [0.3, 0.4) is 0 Å². The van der Waals surface area contributed by atoms with Crippen molar-refractivity contribution >= 4 is 11.9 Å². The fourth-order valence-electron chi connectivity index (χ4n) is 11.8. The highest BCUT2D eigenvalue weighted by molar-refractivity contribution is 5.88. The maximum absolute atomic E-state index is 14.3. The van der Waals surface area contributed by atoms with Crippen LogP contribution in [0.1, 0.15) is 125 Å². The Morgan fingerprint density at radius 3 is 2.28 bits per heavy atom. The van der Waals surface area contributed by atoms with Crippen LogP contribution in [0.5, 0.6) is 0 Å². The zero-order chi connectivity index (χ0) is 31.4. The molecule has 0 aliphatic heterocycles. The Kier molecular flexibility index (Phi) is 6.89. The van der Waals surface area contributed by atoms with Gasteiger partial charge in [0.25, 0.3) is 0 Å². The van der Waals surface area contributed by atoms with E-state index in [0.717, 1.165) is 44.9 Å². The summed E-state index contributed by atoms with van der Waals surface area (Å²) in [6.07, 6.45) is 15.3. The van der Waals surface area contributed by atoms with E-state index in [1.807, 2.05) is 26.2 Å². The van der Waals surface area contributed by atoms with Crippen molar-refractivity contribution in [3.63, 3.8) is 0 Å². The number of nitrogens with one attached hydrogen (secondary N) is 1. The molecule has 0 spiro atoms. The number of fused-ring (bicyclic) bond motifs is 8. The van der Waals surface area contributed by atoms with E-state index in [-0.39, 0.29) is 44.8 Å². The number of allylic oxidation sites excluding steroid dienone is 2. The van der Waals surface area contributed by atoms with Gasteiger partial charge in [-0.05, 0) is 103 Å². The van der Waals surface area contributed by atoms with Crippen LogP contribution in [-0.2, 0) is 21.4 Å². The van der Waals surface area contributed by atoms with Crippen molar-refractivity contribution in [1.29, 1.82) is 0 Å². The van der Waals surface area contributed by atoms with Gasteiger partial charge in [-0.2, -0.15) is 0 Å². The molecule has 1 amide bonds. The van der Waals surface area contributed by atoms with E-state index >= 15 is 0 Å². The smallest absolute Gasteiger partial charge is 0.326 e. The zero-order valence-corrected chi connectivity index (χ0v) is 28.1. The summed E-state index contributed by atoms with van der Waals surface area (Å²) in [4.78, 5) is 36.2. The summed E-state index contributed by atoms with van der Waals surface area (Å²) in [5.74, 6) is 0.0961. The Balaban J connectivity index is 1.42. The van der Waals surface area contributed by atoms with Gasteiger partial charge in [-0.15, -0.1) is 0 Å². The number of carbonyl (C=O) groups excluding carboxylic acids is 1. The standard InChI is InChI=1S/C37H55N3O3/c1-22(2)28(30(41)42)40-31(43)37-16-14-32(3,4)20-24(37)23-10-11-27-34(7)21-25-29(39-19-18-38-25)33(5,6)26(34)12-13-36(27,9)35(23,8)15-17-37/h10,18-19,22,24,26-28H,11-17,20-21H2,1-9H3,(H,40,43)(H,41,42)/t24-,26-,27+,28-,34-,35+,36+,37-/m0/s1. The lowest BCUT2D eigenvalue weighted by Crippen LogP contribution is -2.65. The van der Waals surface area contributed by atoms with Gasteiger partial charge in [0, 0.05) is 17.8 Å². The molecule has 3 fully saturated rings. The largest absolute Gasteiger partial charge is 0.480 e. The lowest BCUT2D eigenvalue weighted by Gasteiger charge is -2.70. The summed E-state index contributed by atoms with van der Waals surface area (Å²) in [6, 6.07) is -0.858. The van der Waals surface area contributed by atoms with E-state index < -0.39 is 17.4 Å². The predicted octanol–water partition coefficient (Wildman–Crippen LogP) is 7.52. The van der Waals surface area contributed by atoms with Crippen molar-refractivity contribution in [2.24, 2.45) is 50.7 Å². The number of carboxylic acids is 1. The van der Waals surface area contributed by atoms with Crippen molar-refractivity contribution in [1.82, 2.24) is 15.3 Å². The molecule has 1 aromatic heterocycles. The molecule has 8 atom stereocenters. The van der Waals surface area contributed by atoms with Crippen molar-refractivity contribution in [2.45, 2.75) is 132 Å². The van der Waals surface area contributed by atoms with Gasteiger partial charge in [-0.3, -0.25) is 14.8 Å². The minimum Gasteiger partial charge on any atom is -0.480 e. The molecule has 6 nitrogen and oxygen atoms in total. The molecule has 6 heteroatoms. The van der Waals surface area contributed by atoms with Crippen molar-refractivity contribution in [3.8, 4) is 0 Å². The van der Waals surface area contributed by atoms with E-state index in [2.05, 4.69) is 59.9 Å². The molecule has 5 aliphatic carbocycles. The van der Waals surface area contributed by atoms with E-state index in [4.69, 9.17) is 9.97 Å². The summed E-state index contributed by atoms with van der Waals surface area (Å²) < 4.78 is 0. The van der Waals surface area contributed by atoms with Crippen LogP contribution < -0.4 is 5.32 Å². The van der Waals surface area contributed by atoms with Crippen LogP contribution in [0.2, 0.25) is 0 Å². The quantitative estimate of drug-likeness (QED) is 0.355. The van der Waals surface area contributed by atoms with Crippen molar-refractivity contribution < 1.29 is 14.7 Å². The van der Waals surface area contributed by atoms with E-state index in [1.54, 1.807) is 0 Å². The Morgan fingerprint density at radius 1 is 0.930 bits per heavy atom. The normalized spacial score (nSPS) is 41.3. The van der Waals surface area contributed by atoms with Crippen LogP contribution in [0, 0.1) is 50.7 Å². The number of aliphatic carboxylic acids is 1. The maximum atomic E-state index is 14.3. The predicted molar refractivity (Wildman–Crippen MR) is 169 cm³/mol. The second-order valence-electron chi connectivity index (χ2n) is 17.7. The van der Waals surface area contributed by atoms with Crippen LogP contribution >= 0.6 is 0 Å². The number of carboxylic acid groups (broad SMARTS) is 1. The van der Waals surface area contributed by atoms with Gasteiger partial charge < -0.3 is 10.4 Å². The van der Waals surface area contributed by atoms with Crippen LogP contribution in [-0.4, -0.2) is 33.0 Å². The second-order valence-corrected chi connectivity index (χ2v) is 17.7. The molecule has 1 heterocycles. The van der Waals surface area contributed by atoms with Crippen molar-refractivity contribution in [3.05, 3.63) is 35.4 Å². The highest BCUT2D eigenvalue weighted by Gasteiger charge is 2.69. The molecular weight excluding hydrogens is 534 g/mol. The second kappa shape index (κ2) is 9.63. The van der Waals surface area contributed by atoms with Gasteiger partial charge in [0.1, 0.15) is 6.04 Å². The summed E-state index contributed by atoms with van der Waals surface area (Å²) in [5.41, 5.74) is 3.72. The molecule has 236 valence electrons. The molecular formula is C37H55N3O3. The molecule has 5 aliphatic rings. The fourth-order valence-corrected chi connectivity index (χ4v) is 11.8. The Bertz CT molecular complexity index is 1360. The Hall–Kier alpha value is -2.24. The monoisotopic (exact) mass is 589 g/mol. The topological polar surface area (TPSA) is 92.2 Å². The van der Waals surface area contributed by atoms with Crippen LogP contribution in [0.15, 0.2) is 24.0 Å². The van der Waals surface area contributed by atoms with Gasteiger partial charge in [0.2, 0.25) is 5.91 Å². The fraction of sp³-hybridized carbons (Fsp3) is 0.784. The van der Waals surface area contributed by atoms with Gasteiger partial charge in [-0.1, -0.05) is 74.0 Å². The van der Waals surface area contributed by atoms with Gasteiger partial charge in [0.15, 0.2) is 0 Å². The first kappa shape index (κ1) is 30.8. The Morgan fingerprint density at radius 2 is 1.60 bits per heavy atom. The average molecular weight is 590 g/mol. The molecule has 2 N–H and O–H groups in total. The number of carbonyl (C=O) groups is 2. The molecule has 0 bridgehead atoms. The third-order valence-corrected chi connectivity index (χ3v) is 14.4. The first-order valence-corrected chi connectivity index (χ1v) is 17.0. The summed E-state index contributed by atoms with van der Waals surface area (Å²) >= 11 is 0. The van der Waals surface area contributed by atoms with Crippen molar-refractivity contribution in [2.75, 3.05) is 0 Å². The average Bonchev–Trinajstić information content (AvgIpc) is 2.91. The van der Waals surface area contributed by atoms with Gasteiger partial charge in [-0.25, -0.2) is 4.79 Å². The summed E-state index contributed by atoms with van der Waals surface area (Å²) in [6.45, 7) is 21.0. The highest BCUT2D eigenvalue weighted by atomic mass is 16.4. The minimum absolute atomic E-state index is 0.00277. The molecule has 0 aromatic carbocycles. The van der Waals surface area contributed by atoms with Crippen LogP contribution in [0.25, 0.3) is 0 Å². The lowest BCUT2D eigenvalue weighted by molar-refractivity contribution is -0.169. The minimum atomic E-state index is -0.938. The van der Waals surface area contributed by atoms with Gasteiger partial charge in [0.05, 0.1) is 16.8 Å². The SMILES string of the molecule is CC(C)[C@H](NC(=O)[C@]12CCC(C)(C)C[C@H]1C1=CC[C@@H]3[C@@]4(C)Cc5nccnc5C(C)(C)[C@@H]4CC[C@@]3(C)[C@]1(C)CC2)C(=O)O. The maximum Gasteiger partial charge on any atom is 0.326 e. The van der Waals surface area contributed by atoms with Gasteiger partial charge >= 0.3 is 5.97 Å². The molecule has 1 aromatic rings. The first-order chi connectivity index (χ1) is 19.9. The molecule has 43 heavy (non-hydrogen) atoms. The summed E-state index contributed by atoms with van der Waals surface area (Å²) in [7, 11) is 0. The van der Waals surface area contributed by atoms with E-state index in [9.17, 15) is 14.7 Å². The number of aromatic nitrogens is 2. The highest BCUT2D eigenvalue weighted by Crippen LogP contribution is 2.75. The zero-order valence-electron chi connectivity index (χ0n) is 28.1. The first-order valence-electron chi connectivity index (χ1n) is 17.0. The molecule has 6 rings (SSSR count). The third kappa shape index (κ3) is 4.16. The lowest BCUT2D eigenvalue weighted by atomic mass is 9.33. The molecule has 3 saturated carbocycles. The molecule has 0 unspecified atom stereocenters. The number of hydrogen-bond acceptors (Lipinski definition) is 4. The summed E-state index contributed by atoms with van der Waals surface area (Å²) in [5, 5.41) is 13.0. The molecule has 0 radical (unpaired) electrons. The van der Waals surface area contributed by atoms with Crippen LogP contribution in [0.4, 0.5) is 0 Å². The Labute approximate surface area is 259 Å². The number of rotatable bonds is 4. The van der Waals surface area contributed by atoms with E-state index in [0.29, 0.717) is 11.8 Å². The number of nitrogens with zero attached hydrogens (tertiary/aromatic N) is 2. The molecule has 0 saturated heterocycles. The van der Waals surface area contributed by atoms with E-state index in [1.165, 1.54) is 29.8 Å². The number of hydrogen-bond donors (Lipinski definition) is 2.